The Kier molecular flexibility index (Phi) is 4.80. The van der Waals surface area contributed by atoms with Gasteiger partial charge in [0.25, 0.3) is 0 Å². The van der Waals surface area contributed by atoms with Gasteiger partial charge >= 0.3 is 5.97 Å². The van der Waals surface area contributed by atoms with Crippen LogP contribution in [0.4, 0.5) is 0 Å². The molecule has 0 amide bonds. The third-order valence-corrected chi connectivity index (χ3v) is 9.22. The minimum Gasteiger partial charge on any atom is -0.423 e. The second-order valence-corrected chi connectivity index (χ2v) is 10.8. The molecule has 0 heterocycles. The van der Waals surface area contributed by atoms with E-state index in [1.807, 2.05) is 24.3 Å². The zero-order valence-corrected chi connectivity index (χ0v) is 18.6. The summed E-state index contributed by atoms with van der Waals surface area (Å²) in [5, 5.41) is 0. The third kappa shape index (κ3) is 3.20. The first-order valence-electron chi connectivity index (χ1n) is 11.8. The van der Waals surface area contributed by atoms with Crippen LogP contribution in [-0.2, 0) is 12.8 Å². The third-order valence-electron chi connectivity index (χ3n) is 9.22. The van der Waals surface area contributed by atoms with Crippen LogP contribution in [0, 0.1) is 28.6 Å². The summed E-state index contributed by atoms with van der Waals surface area (Å²) in [6.07, 6.45) is 9.08. The van der Waals surface area contributed by atoms with Crippen molar-refractivity contribution >= 4 is 5.97 Å². The van der Waals surface area contributed by atoms with Gasteiger partial charge in [0.05, 0.1) is 5.56 Å². The number of fused-ring (bicyclic) bond motifs is 4. The molecule has 3 aliphatic carbocycles. The van der Waals surface area contributed by atoms with Crippen LogP contribution in [0.2, 0.25) is 0 Å². The van der Waals surface area contributed by atoms with Crippen LogP contribution in [0.3, 0.4) is 0 Å². The van der Waals surface area contributed by atoms with E-state index in [4.69, 9.17) is 4.74 Å². The van der Waals surface area contributed by atoms with Gasteiger partial charge in [-0.05, 0) is 109 Å². The summed E-state index contributed by atoms with van der Waals surface area (Å²) in [5.74, 6) is 2.95. The standard InChI is InChI=1S/C28H34O2/c1-19-9-13-25-24-14-11-20-10-12-23(30-26(29)21-7-5-4-6-8-21)17-22(20)18-27(24,2)15-16-28(19,25)3/h4-8,10,12,17,19,24-25H,9,11,13-16,18H2,1-3H3. The maximum atomic E-state index is 12.5. The van der Waals surface area contributed by atoms with E-state index in [-0.39, 0.29) is 5.97 Å². The number of esters is 1. The van der Waals surface area contributed by atoms with Crippen molar-refractivity contribution in [3.63, 3.8) is 0 Å². The molecule has 0 aromatic heterocycles. The van der Waals surface area contributed by atoms with Crippen molar-refractivity contribution < 1.29 is 9.53 Å². The number of aryl methyl sites for hydroxylation is 1. The fourth-order valence-corrected chi connectivity index (χ4v) is 7.10. The fourth-order valence-electron chi connectivity index (χ4n) is 7.10. The van der Waals surface area contributed by atoms with E-state index in [1.54, 1.807) is 12.1 Å². The molecule has 0 bridgehead atoms. The van der Waals surface area contributed by atoms with Crippen molar-refractivity contribution in [2.45, 2.75) is 65.7 Å². The average Bonchev–Trinajstić information content (AvgIpc) is 2.95. The highest BCUT2D eigenvalue weighted by Gasteiger charge is 2.56. The molecule has 158 valence electrons. The summed E-state index contributed by atoms with van der Waals surface area (Å²) < 4.78 is 5.74. The molecule has 30 heavy (non-hydrogen) atoms. The number of carbonyl (C=O) groups excluding carboxylic acids is 1. The molecule has 2 fully saturated rings. The highest BCUT2D eigenvalue weighted by molar-refractivity contribution is 5.91. The largest absolute Gasteiger partial charge is 0.423 e. The number of carbonyl (C=O) groups is 1. The molecular formula is C28H34O2. The van der Waals surface area contributed by atoms with Crippen molar-refractivity contribution in [3.8, 4) is 5.75 Å². The van der Waals surface area contributed by atoms with Gasteiger partial charge in [-0.3, -0.25) is 0 Å². The Hall–Kier alpha value is -2.09. The zero-order chi connectivity index (χ0) is 20.9. The lowest BCUT2D eigenvalue weighted by Crippen LogP contribution is -2.46. The zero-order valence-electron chi connectivity index (χ0n) is 18.6. The fraction of sp³-hybridized carbons (Fsp3) is 0.536. The van der Waals surface area contributed by atoms with Gasteiger partial charge in [-0.25, -0.2) is 4.79 Å². The van der Waals surface area contributed by atoms with Crippen molar-refractivity contribution in [3.05, 3.63) is 65.2 Å². The molecule has 0 radical (unpaired) electrons. The van der Waals surface area contributed by atoms with Crippen LogP contribution in [0.15, 0.2) is 48.5 Å². The summed E-state index contributed by atoms with van der Waals surface area (Å²) in [6, 6.07) is 15.6. The van der Waals surface area contributed by atoms with Crippen LogP contribution in [0.5, 0.6) is 5.75 Å². The topological polar surface area (TPSA) is 26.3 Å². The average molecular weight is 403 g/mol. The first-order chi connectivity index (χ1) is 14.4. The van der Waals surface area contributed by atoms with Gasteiger partial charge in [-0.15, -0.1) is 0 Å². The highest BCUT2D eigenvalue weighted by Crippen LogP contribution is 2.64. The first-order valence-corrected chi connectivity index (χ1v) is 11.8. The van der Waals surface area contributed by atoms with E-state index in [0.29, 0.717) is 22.1 Å². The number of hydrogen-bond donors (Lipinski definition) is 0. The monoisotopic (exact) mass is 402 g/mol. The van der Waals surface area contributed by atoms with Crippen LogP contribution >= 0.6 is 0 Å². The molecule has 5 rings (SSSR count). The van der Waals surface area contributed by atoms with Crippen LogP contribution in [-0.4, -0.2) is 5.97 Å². The van der Waals surface area contributed by atoms with E-state index in [1.165, 1.54) is 43.2 Å². The van der Waals surface area contributed by atoms with E-state index >= 15 is 0 Å². The summed E-state index contributed by atoms with van der Waals surface area (Å²) in [5.41, 5.74) is 4.35. The highest BCUT2D eigenvalue weighted by atomic mass is 16.5. The summed E-state index contributed by atoms with van der Waals surface area (Å²) >= 11 is 0. The lowest BCUT2D eigenvalue weighted by Gasteiger charge is -2.53. The maximum Gasteiger partial charge on any atom is 0.343 e. The number of benzene rings is 2. The lowest BCUT2D eigenvalue weighted by molar-refractivity contribution is -0.0374. The van der Waals surface area contributed by atoms with Gasteiger partial charge in [0, 0.05) is 0 Å². The molecule has 0 spiro atoms. The molecule has 5 unspecified atom stereocenters. The van der Waals surface area contributed by atoms with E-state index in [2.05, 4.69) is 32.9 Å². The van der Waals surface area contributed by atoms with Gasteiger partial charge in [0.15, 0.2) is 0 Å². The predicted molar refractivity (Wildman–Crippen MR) is 121 cm³/mol. The van der Waals surface area contributed by atoms with E-state index < -0.39 is 0 Å². The van der Waals surface area contributed by atoms with Gasteiger partial charge in [0.1, 0.15) is 5.75 Å². The molecule has 2 nitrogen and oxygen atoms in total. The molecule has 2 saturated carbocycles. The maximum absolute atomic E-state index is 12.5. The Labute approximate surface area is 181 Å². The Balaban J connectivity index is 1.40. The summed E-state index contributed by atoms with van der Waals surface area (Å²) in [7, 11) is 0. The SMILES string of the molecule is CC1CCC2C3CCc4ccc(OC(=O)c5ccccc5)cc4CC3(C)CCC12C. The second kappa shape index (κ2) is 7.25. The Morgan fingerprint density at radius 1 is 0.933 bits per heavy atom. The van der Waals surface area contributed by atoms with Crippen molar-refractivity contribution in [2.24, 2.45) is 28.6 Å². The van der Waals surface area contributed by atoms with E-state index in [9.17, 15) is 4.79 Å². The van der Waals surface area contributed by atoms with Crippen LogP contribution in [0.25, 0.3) is 0 Å². The Bertz CT molecular complexity index is 948. The minimum absolute atomic E-state index is 0.276. The first kappa shape index (κ1) is 19.8. The number of hydrogen-bond acceptors (Lipinski definition) is 2. The molecule has 3 aliphatic rings. The molecule has 5 atom stereocenters. The second-order valence-electron chi connectivity index (χ2n) is 10.8. The number of ether oxygens (including phenoxy) is 1. The Morgan fingerprint density at radius 2 is 1.73 bits per heavy atom. The van der Waals surface area contributed by atoms with Gasteiger partial charge in [0.2, 0.25) is 0 Å². The van der Waals surface area contributed by atoms with Gasteiger partial charge < -0.3 is 4.74 Å². The smallest absolute Gasteiger partial charge is 0.343 e. The van der Waals surface area contributed by atoms with Crippen LogP contribution < -0.4 is 4.74 Å². The van der Waals surface area contributed by atoms with Gasteiger partial charge in [-0.1, -0.05) is 45.0 Å². The quantitative estimate of drug-likeness (QED) is 0.405. The van der Waals surface area contributed by atoms with Crippen molar-refractivity contribution in [1.82, 2.24) is 0 Å². The molecule has 0 aliphatic heterocycles. The van der Waals surface area contributed by atoms with Crippen LogP contribution in [0.1, 0.15) is 74.4 Å². The summed E-state index contributed by atoms with van der Waals surface area (Å²) in [4.78, 5) is 12.5. The van der Waals surface area contributed by atoms with Crippen molar-refractivity contribution in [2.75, 3.05) is 0 Å². The molecular weight excluding hydrogens is 368 g/mol. The normalized spacial score (nSPS) is 35.0. The number of rotatable bonds is 2. The Morgan fingerprint density at radius 3 is 2.53 bits per heavy atom. The lowest BCUT2D eigenvalue weighted by atomic mass is 9.51. The molecule has 0 saturated heterocycles. The van der Waals surface area contributed by atoms with Gasteiger partial charge in [-0.2, -0.15) is 0 Å². The molecule has 2 aromatic carbocycles. The predicted octanol–water partition coefficient (Wildman–Crippen LogP) is 6.86. The molecule has 0 N–H and O–H groups in total. The molecule has 2 aromatic rings. The summed E-state index contributed by atoms with van der Waals surface area (Å²) in [6.45, 7) is 7.60. The van der Waals surface area contributed by atoms with Crippen molar-refractivity contribution in [1.29, 1.82) is 0 Å². The minimum atomic E-state index is -0.276. The van der Waals surface area contributed by atoms with E-state index in [0.717, 1.165) is 30.6 Å². The molecule has 2 heteroatoms.